The van der Waals surface area contributed by atoms with Crippen molar-refractivity contribution in [1.29, 1.82) is 0 Å². The highest BCUT2D eigenvalue weighted by molar-refractivity contribution is 6.30. The van der Waals surface area contributed by atoms with Crippen molar-refractivity contribution in [2.75, 3.05) is 58.8 Å². The third kappa shape index (κ3) is 7.39. The van der Waals surface area contributed by atoms with Gasteiger partial charge in [-0.15, -0.1) is 0 Å². The molecular weight excluding hydrogens is 596 g/mol. The number of aryl methyl sites for hydroxylation is 1. The van der Waals surface area contributed by atoms with E-state index in [2.05, 4.69) is 82.4 Å². The minimum Gasteiger partial charge on any atom is -0.465 e. The molecule has 0 radical (unpaired) electrons. The van der Waals surface area contributed by atoms with E-state index >= 15 is 0 Å². The van der Waals surface area contributed by atoms with Crippen molar-refractivity contribution in [3.63, 3.8) is 0 Å². The zero-order valence-corrected chi connectivity index (χ0v) is 27.5. The van der Waals surface area contributed by atoms with Gasteiger partial charge < -0.3 is 24.3 Å². The number of anilines is 1. The quantitative estimate of drug-likeness (QED) is 0.149. The number of carbonyl (C=O) groups is 1. The first-order valence-electron chi connectivity index (χ1n) is 15.8. The molecule has 1 aliphatic heterocycles. The Morgan fingerprint density at radius 2 is 1.70 bits per heavy atom. The molecule has 6 rings (SSSR count). The third-order valence-electron chi connectivity index (χ3n) is 8.69. The molecule has 4 aromatic carbocycles. The summed E-state index contributed by atoms with van der Waals surface area (Å²) in [5, 5.41) is 1.88. The molecule has 0 spiro atoms. The Balaban J connectivity index is 1.16. The number of ether oxygens (including phenoxy) is 2. The number of piperazine rings is 1. The van der Waals surface area contributed by atoms with Gasteiger partial charge in [-0.2, -0.15) is 0 Å². The Bertz CT molecular complexity index is 1790. The SMILES string of the molecule is COC(=O)c1ccc(N2CCN(Cc3ccccc3-c3ccc(Cl)cc3)CC2)cc1Oc1ccc2[nH]cc(CCCN(C)C)c2c1. The molecule has 0 unspecified atom stereocenters. The molecule has 238 valence electrons. The van der Waals surface area contributed by atoms with Crippen LogP contribution in [0.15, 0.2) is 91.1 Å². The van der Waals surface area contributed by atoms with Crippen molar-refractivity contribution in [3.05, 3.63) is 113 Å². The van der Waals surface area contributed by atoms with E-state index in [1.807, 2.05) is 42.5 Å². The number of aromatic amines is 1. The van der Waals surface area contributed by atoms with E-state index in [4.69, 9.17) is 21.1 Å². The maximum Gasteiger partial charge on any atom is 0.341 e. The maximum absolute atomic E-state index is 12.7. The van der Waals surface area contributed by atoms with Crippen LogP contribution in [0.5, 0.6) is 11.5 Å². The molecule has 0 amide bonds. The number of methoxy groups -OCH3 is 1. The second-order valence-electron chi connectivity index (χ2n) is 12.1. The van der Waals surface area contributed by atoms with Crippen LogP contribution in [0.25, 0.3) is 22.0 Å². The monoisotopic (exact) mass is 636 g/mol. The number of nitrogens with zero attached hydrogens (tertiary/aromatic N) is 3. The summed E-state index contributed by atoms with van der Waals surface area (Å²) >= 11 is 6.14. The van der Waals surface area contributed by atoms with E-state index in [0.29, 0.717) is 17.1 Å². The number of aromatic nitrogens is 1. The molecule has 1 N–H and O–H groups in total. The molecule has 1 saturated heterocycles. The number of rotatable bonds is 11. The summed E-state index contributed by atoms with van der Waals surface area (Å²) in [6, 6.07) is 28.4. The Morgan fingerprint density at radius 1 is 0.913 bits per heavy atom. The molecule has 2 heterocycles. The zero-order valence-electron chi connectivity index (χ0n) is 26.8. The van der Waals surface area contributed by atoms with Crippen molar-refractivity contribution >= 4 is 34.2 Å². The summed E-state index contributed by atoms with van der Waals surface area (Å²) in [7, 11) is 5.59. The van der Waals surface area contributed by atoms with Gasteiger partial charge in [0.1, 0.15) is 17.1 Å². The van der Waals surface area contributed by atoms with Gasteiger partial charge in [-0.05, 0) is 98.2 Å². The number of hydrogen-bond acceptors (Lipinski definition) is 6. The molecule has 46 heavy (non-hydrogen) atoms. The molecule has 0 bridgehead atoms. The summed E-state index contributed by atoms with van der Waals surface area (Å²) in [6.45, 7) is 5.48. The standard InChI is InChI=1S/C38H41ClN4O3/c1-41(2)18-6-8-28-25-40-36-17-15-32(24-35(28)36)46-37-23-31(14-16-34(37)38(44)45-3)43-21-19-42(20-22-43)26-29-7-4-5-9-33(29)27-10-12-30(39)13-11-27/h4-5,7,9-17,23-25,40H,6,8,18-22,26H2,1-3H3. The number of hydrogen-bond donors (Lipinski definition) is 1. The van der Waals surface area contributed by atoms with E-state index in [0.717, 1.165) is 73.7 Å². The zero-order chi connectivity index (χ0) is 32.0. The number of benzene rings is 4. The Kier molecular flexibility index (Phi) is 9.93. The summed E-state index contributed by atoms with van der Waals surface area (Å²) in [6.07, 6.45) is 4.13. The van der Waals surface area contributed by atoms with Gasteiger partial charge in [0.25, 0.3) is 0 Å². The smallest absolute Gasteiger partial charge is 0.341 e. The van der Waals surface area contributed by atoms with Crippen LogP contribution in [0.2, 0.25) is 5.02 Å². The predicted molar refractivity (Wildman–Crippen MR) is 187 cm³/mol. The topological polar surface area (TPSA) is 61.0 Å². The van der Waals surface area contributed by atoms with Crippen LogP contribution in [0.3, 0.4) is 0 Å². The van der Waals surface area contributed by atoms with Crippen molar-refractivity contribution in [1.82, 2.24) is 14.8 Å². The van der Waals surface area contributed by atoms with E-state index in [1.54, 1.807) is 0 Å². The first kappa shape index (κ1) is 31.7. The van der Waals surface area contributed by atoms with Crippen molar-refractivity contribution in [3.8, 4) is 22.6 Å². The summed E-state index contributed by atoms with van der Waals surface area (Å²) in [5.41, 5.74) is 7.48. The Labute approximate surface area is 276 Å². The minimum absolute atomic E-state index is 0.407. The van der Waals surface area contributed by atoms with Crippen molar-refractivity contribution < 1.29 is 14.3 Å². The number of esters is 1. The van der Waals surface area contributed by atoms with Crippen LogP contribution in [-0.2, 0) is 17.7 Å². The molecule has 1 aliphatic rings. The van der Waals surface area contributed by atoms with Gasteiger partial charge in [-0.1, -0.05) is 48.0 Å². The van der Waals surface area contributed by atoms with Gasteiger partial charge in [0.2, 0.25) is 0 Å². The first-order chi connectivity index (χ1) is 22.4. The van der Waals surface area contributed by atoms with Gasteiger partial charge in [-0.3, -0.25) is 4.90 Å². The number of halogens is 1. The van der Waals surface area contributed by atoms with Crippen LogP contribution in [-0.4, -0.2) is 74.7 Å². The molecule has 1 aromatic heterocycles. The van der Waals surface area contributed by atoms with Crippen molar-refractivity contribution in [2.45, 2.75) is 19.4 Å². The third-order valence-corrected chi connectivity index (χ3v) is 8.94. The number of nitrogens with one attached hydrogen (secondary N) is 1. The van der Waals surface area contributed by atoms with E-state index in [-0.39, 0.29) is 0 Å². The van der Waals surface area contributed by atoms with E-state index < -0.39 is 5.97 Å². The molecule has 8 heteroatoms. The van der Waals surface area contributed by atoms with Crippen LogP contribution < -0.4 is 9.64 Å². The lowest BCUT2D eigenvalue weighted by Gasteiger charge is -2.36. The second-order valence-corrected chi connectivity index (χ2v) is 12.6. The highest BCUT2D eigenvalue weighted by Crippen LogP contribution is 2.34. The minimum atomic E-state index is -0.419. The second kappa shape index (κ2) is 14.4. The molecule has 7 nitrogen and oxygen atoms in total. The predicted octanol–water partition coefficient (Wildman–Crippen LogP) is 7.88. The molecule has 0 aliphatic carbocycles. The van der Waals surface area contributed by atoms with Gasteiger partial charge in [0.15, 0.2) is 0 Å². The normalized spacial score (nSPS) is 13.8. The average Bonchev–Trinajstić information content (AvgIpc) is 3.47. The molecule has 5 aromatic rings. The van der Waals surface area contributed by atoms with Crippen LogP contribution >= 0.6 is 11.6 Å². The average molecular weight is 637 g/mol. The Hall–Kier alpha value is -4.30. The van der Waals surface area contributed by atoms with E-state index in [1.165, 1.54) is 29.4 Å². The summed E-state index contributed by atoms with van der Waals surface area (Å²) in [5.74, 6) is 0.762. The van der Waals surface area contributed by atoms with Gasteiger partial charge in [-0.25, -0.2) is 4.79 Å². The number of H-pyrrole nitrogens is 1. The lowest BCUT2D eigenvalue weighted by Crippen LogP contribution is -2.46. The van der Waals surface area contributed by atoms with E-state index in [9.17, 15) is 4.79 Å². The number of fused-ring (bicyclic) bond motifs is 1. The van der Waals surface area contributed by atoms with Crippen LogP contribution in [0.1, 0.15) is 27.9 Å². The molecule has 0 atom stereocenters. The summed E-state index contributed by atoms with van der Waals surface area (Å²) < 4.78 is 11.5. The van der Waals surface area contributed by atoms with Crippen LogP contribution in [0.4, 0.5) is 5.69 Å². The highest BCUT2D eigenvalue weighted by Gasteiger charge is 2.22. The maximum atomic E-state index is 12.7. The number of carbonyl (C=O) groups excluding carboxylic acids is 1. The van der Waals surface area contributed by atoms with Gasteiger partial charge in [0.05, 0.1) is 7.11 Å². The molecule has 0 saturated carbocycles. The largest absolute Gasteiger partial charge is 0.465 e. The lowest BCUT2D eigenvalue weighted by molar-refractivity contribution is 0.0598. The van der Waals surface area contributed by atoms with Crippen molar-refractivity contribution in [2.24, 2.45) is 0 Å². The highest BCUT2D eigenvalue weighted by atomic mass is 35.5. The molecule has 1 fully saturated rings. The van der Waals surface area contributed by atoms with Gasteiger partial charge in [0, 0.05) is 66.6 Å². The fourth-order valence-electron chi connectivity index (χ4n) is 6.19. The molecular formula is C38H41ClN4O3. The Morgan fingerprint density at radius 3 is 2.46 bits per heavy atom. The summed E-state index contributed by atoms with van der Waals surface area (Å²) in [4.78, 5) is 23.2. The van der Waals surface area contributed by atoms with Gasteiger partial charge >= 0.3 is 5.97 Å². The fraction of sp³-hybridized carbons (Fsp3) is 0.289. The first-order valence-corrected chi connectivity index (χ1v) is 16.2. The van der Waals surface area contributed by atoms with Crippen LogP contribution in [0, 0.1) is 0 Å². The fourth-order valence-corrected chi connectivity index (χ4v) is 6.31. The lowest BCUT2D eigenvalue weighted by atomic mass is 9.99.